The van der Waals surface area contributed by atoms with Crippen LogP contribution in [0.5, 0.6) is 0 Å². The second-order valence-electron chi connectivity index (χ2n) is 8.94. The van der Waals surface area contributed by atoms with Crippen molar-refractivity contribution in [2.45, 2.75) is 44.6 Å². The van der Waals surface area contributed by atoms with Gasteiger partial charge in [-0.15, -0.1) is 5.10 Å². The standard InChI is InChI=1S/C28H26N6S/c1-18-12-13-21(19(2)16-18)17-35-28-30-23-9-5-4-8-22(23)27-31-26(32-34(27)28)14-15-33-20(3)29-24-10-6-7-11-25(24)33/h4-13,16H,14-15,17H2,1-3H3. The van der Waals surface area contributed by atoms with Gasteiger partial charge in [-0.3, -0.25) is 0 Å². The Labute approximate surface area is 208 Å². The molecule has 6 aromatic rings. The van der Waals surface area contributed by atoms with E-state index in [1.165, 1.54) is 16.7 Å². The molecule has 6 rings (SSSR count). The Morgan fingerprint density at radius 1 is 0.829 bits per heavy atom. The average Bonchev–Trinajstić information content (AvgIpc) is 3.42. The van der Waals surface area contributed by atoms with Crippen LogP contribution in [0.3, 0.4) is 0 Å². The summed E-state index contributed by atoms with van der Waals surface area (Å²) in [5.74, 6) is 2.66. The van der Waals surface area contributed by atoms with Crippen LogP contribution in [-0.4, -0.2) is 29.1 Å². The van der Waals surface area contributed by atoms with Crippen LogP contribution in [0.1, 0.15) is 28.3 Å². The Bertz CT molecular complexity index is 1700. The van der Waals surface area contributed by atoms with E-state index in [9.17, 15) is 0 Å². The van der Waals surface area contributed by atoms with Gasteiger partial charge in [0.2, 0.25) is 0 Å². The highest BCUT2D eigenvalue weighted by molar-refractivity contribution is 7.98. The third-order valence-electron chi connectivity index (χ3n) is 6.45. The van der Waals surface area contributed by atoms with E-state index in [1.807, 2.05) is 28.8 Å². The predicted octanol–water partition coefficient (Wildman–Crippen LogP) is 6.09. The summed E-state index contributed by atoms with van der Waals surface area (Å²) < 4.78 is 4.16. The molecule has 0 N–H and O–H groups in total. The van der Waals surface area contributed by atoms with Gasteiger partial charge in [-0.05, 0) is 56.2 Å². The lowest BCUT2D eigenvalue weighted by Crippen LogP contribution is -2.05. The normalized spacial score (nSPS) is 11.7. The molecule has 0 unspecified atom stereocenters. The lowest BCUT2D eigenvalue weighted by molar-refractivity contribution is 0.662. The van der Waals surface area contributed by atoms with Gasteiger partial charge in [-0.25, -0.2) is 15.0 Å². The molecule has 0 aliphatic heterocycles. The topological polar surface area (TPSA) is 60.9 Å². The molecule has 174 valence electrons. The molecule has 0 amide bonds. The van der Waals surface area contributed by atoms with E-state index in [1.54, 1.807) is 11.8 Å². The molecule has 0 atom stereocenters. The summed E-state index contributed by atoms with van der Waals surface area (Å²) in [4.78, 5) is 14.6. The molecule has 0 radical (unpaired) electrons. The minimum Gasteiger partial charge on any atom is -0.328 e. The zero-order valence-corrected chi connectivity index (χ0v) is 20.9. The van der Waals surface area contributed by atoms with Gasteiger partial charge in [0.25, 0.3) is 0 Å². The number of fused-ring (bicyclic) bond motifs is 4. The fourth-order valence-electron chi connectivity index (χ4n) is 4.61. The van der Waals surface area contributed by atoms with Crippen LogP contribution in [0.4, 0.5) is 0 Å². The van der Waals surface area contributed by atoms with Crippen LogP contribution < -0.4 is 0 Å². The van der Waals surface area contributed by atoms with Crippen LogP contribution in [-0.2, 0) is 18.7 Å². The van der Waals surface area contributed by atoms with Gasteiger partial charge in [0, 0.05) is 24.1 Å². The van der Waals surface area contributed by atoms with Gasteiger partial charge in [0.1, 0.15) is 5.82 Å². The first-order valence-corrected chi connectivity index (χ1v) is 12.8. The molecule has 0 spiro atoms. The summed E-state index contributed by atoms with van der Waals surface area (Å²) in [7, 11) is 0. The van der Waals surface area contributed by atoms with E-state index in [2.05, 4.69) is 67.8 Å². The summed E-state index contributed by atoms with van der Waals surface area (Å²) in [6, 6.07) is 23.0. The number of para-hydroxylation sites is 3. The zero-order valence-electron chi connectivity index (χ0n) is 20.1. The smallest absolute Gasteiger partial charge is 0.191 e. The van der Waals surface area contributed by atoms with Crippen molar-refractivity contribution in [3.8, 4) is 0 Å². The molecule has 0 saturated heterocycles. The third kappa shape index (κ3) is 4.06. The monoisotopic (exact) mass is 478 g/mol. The molecule has 3 aromatic carbocycles. The minimum absolute atomic E-state index is 0.721. The molecule has 0 aliphatic rings. The highest BCUT2D eigenvalue weighted by atomic mass is 32.2. The highest BCUT2D eigenvalue weighted by Crippen LogP contribution is 2.27. The van der Waals surface area contributed by atoms with E-state index < -0.39 is 0 Å². The Hall–Kier alpha value is -3.71. The summed E-state index contributed by atoms with van der Waals surface area (Å²) in [5, 5.41) is 6.79. The van der Waals surface area contributed by atoms with Crippen molar-refractivity contribution < 1.29 is 0 Å². The molecule has 3 aromatic heterocycles. The Kier molecular flexibility index (Phi) is 5.49. The predicted molar refractivity (Wildman–Crippen MR) is 142 cm³/mol. The summed E-state index contributed by atoms with van der Waals surface area (Å²) in [6.45, 7) is 7.13. The number of thioether (sulfide) groups is 1. The lowest BCUT2D eigenvalue weighted by Gasteiger charge is -2.08. The second kappa shape index (κ2) is 8.82. The van der Waals surface area contributed by atoms with E-state index in [0.717, 1.165) is 63.1 Å². The molecule has 7 heteroatoms. The van der Waals surface area contributed by atoms with Crippen LogP contribution in [0.2, 0.25) is 0 Å². The maximum Gasteiger partial charge on any atom is 0.191 e. The third-order valence-corrected chi connectivity index (χ3v) is 7.43. The van der Waals surface area contributed by atoms with Crippen molar-refractivity contribution in [3.05, 3.63) is 95.1 Å². The van der Waals surface area contributed by atoms with Gasteiger partial charge in [0.15, 0.2) is 16.6 Å². The fourth-order valence-corrected chi connectivity index (χ4v) is 5.63. The van der Waals surface area contributed by atoms with Crippen molar-refractivity contribution in [1.82, 2.24) is 29.1 Å². The molecule has 35 heavy (non-hydrogen) atoms. The molecule has 0 aliphatic carbocycles. The number of hydrogen-bond acceptors (Lipinski definition) is 5. The molecule has 0 fully saturated rings. The maximum atomic E-state index is 4.96. The van der Waals surface area contributed by atoms with E-state index in [0.29, 0.717) is 0 Å². The average molecular weight is 479 g/mol. The highest BCUT2D eigenvalue weighted by Gasteiger charge is 2.15. The first-order valence-electron chi connectivity index (χ1n) is 11.8. The van der Waals surface area contributed by atoms with Crippen molar-refractivity contribution >= 4 is 39.3 Å². The molecule has 3 heterocycles. The van der Waals surface area contributed by atoms with Crippen molar-refractivity contribution in [1.29, 1.82) is 0 Å². The number of hydrogen-bond donors (Lipinski definition) is 0. The number of aryl methyl sites for hydroxylation is 5. The van der Waals surface area contributed by atoms with Crippen LogP contribution in [0, 0.1) is 20.8 Å². The Balaban J connectivity index is 1.35. The Morgan fingerprint density at radius 2 is 1.63 bits per heavy atom. The summed E-state index contributed by atoms with van der Waals surface area (Å²) in [6.07, 6.45) is 0.721. The fraction of sp³-hybridized carbons (Fsp3) is 0.214. The van der Waals surface area contributed by atoms with Gasteiger partial charge in [-0.1, -0.05) is 59.8 Å². The van der Waals surface area contributed by atoms with Gasteiger partial charge >= 0.3 is 0 Å². The maximum absolute atomic E-state index is 4.96. The largest absolute Gasteiger partial charge is 0.328 e. The SMILES string of the molecule is Cc1ccc(CSc2nc3ccccc3c3nc(CCn4c(C)nc5ccccc54)nn23)c(C)c1. The number of nitrogens with zero attached hydrogens (tertiary/aromatic N) is 6. The first-order chi connectivity index (χ1) is 17.1. The molecule has 0 saturated carbocycles. The Morgan fingerprint density at radius 3 is 2.49 bits per heavy atom. The minimum atomic E-state index is 0.721. The van der Waals surface area contributed by atoms with E-state index in [-0.39, 0.29) is 0 Å². The van der Waals surface area contributed by atoms with Crippen molar-refractivity contribution in [2.24, 2.45) is 0 Å². The lowest BCUT2D eigenvalue weighted by atomic mass is 10.1. The molecular formula is C28H26N6S. The second-order valence-corrected chi connectivity index (χ2v) is 9.89. The molecule has 6 nitrogen and oxygen atoms in total. The van der Waals surface area contributed by atoms with Gasteiger partial charge in [-0.2, -0.15) is 4.52 Å². The summed E-state index contributed by atoms with van der Waals surface area (Å²) in [5.41, 5.74) is 7.87. The van der Waals surface area contributed by atoms with Crippen LogP contribution in [0.15, 0.2) is 71.9 Å². The van der Waals surface area contributed by atoms with E-state index >= 15 is 0 Å². The molecule has 0 bridgehead atoms. The van der Waals surface area contributed by atoms with Crippen molar-refractivity contribution in [3.63, 3.8) is 0 Å². The van der Waals surface area contributed by atoms with Gasteiger partial charge in [0.05, 0.1) is 16.6 Å². The van der Waals surface area contributed by atoms with Crippen LogP contribution >= 0.6 is 11.8 Å². The van der Waals surface area contributed by atoms with Gasteiger partial charge < -0.3 is 4.57 Å². The van der Waals surface area contributed by atoms with E-state index in [4.69, 9.17) is 20.1 Å². The number of rotatable bonds is 6. The zero-order chi connectivity index (χ0) is 23.9. The number of aromatic nitrogens is 6. The number of benzene rings is 3. The first kappa shape index (κ1) is 21.8. The van der Waals surface area contributed by atoms with Crippen molar-refractivity contribution in [2.75, 3.05) is 0 Å². The molecular weight excluding hydrogens is 452 g/mol. The quantitative estimate of drug-likeness (QED) is 0.214. The number of imidazole rings is 1. The van der Waals surface area contributed by atoms with Crippen LogP contribution in [0.25, 0.3) is 27.6 Å². The summed E-state index contributed by atoms with van der Waals surface area (Å²) >= 11 is 1.71.